The van der Waals surface area contributed by atoms with Gasteiger partial charge < -0.3 is 10.5 Å². The first-order valence-electron chi connectivity index (χ1n) is 5.02. The molecular weight excluding hydrogens is 150 g/mol. The van der Waals surface area contributed by atoms with Crippen molar-refractivity contribution in [2.45, 2.75) is 51.5 Å². The summed E-state index contributed by atoms with van der Waals surface area (Å²) in [6, 6.07) is 0.176. The Balaban J connectivity index is 0.000000202. The Bertz CT molecular complexity index is 68.4. The molecule has 0 aliphatic heterocycles. The lowest BCUT2D eigenvalue weighted by molar-refractivity contribution is 0.185. The number of hydrogen-bond acceptors (Lipinski definition) is 2. The Morgan fingerprint density at radius 2 is 1.42 bits per heavy atom. The average molecular weight is 173 g/mol. The first-order chi connectivity index (χ1) is 5.77. The summed E-state index contributed by atoms with van der Waals surface area (Å²) < 4.78 is 4.68. The Morgan fingerprint density at radius 1 is 1.08 bits per heavy atom. The van der Waals surface area contributed by atoms with Crippen LogP contribution in [0.1, 0.15) is 45.4 Å². The minimum Gasteiger partial charge on any atom is -0.383 e. The molecule has 0 amide bonds. The van der Waals surface area contributed by atoms with Gasteiger partial charge in [0.05, 0.1) is 6.61 Å². The van der Waals surface area contributed by atoms with Gasteiger partial charge in [0.25, 0.3) is 0 Å². The molecule has 0 heterocycles. The molecule has 1 atom stereocenters. The number of ether oxygens (including phenoxy) is 1. The fourth-order valence-corrected chi connectivity index (χ4v) is 1.32. The van der Waals surface area contributed by atoms with Gasteiger partial charge in [-0.2, -0.15) is 0 Å². The van der Waals surface area contributed by atoms with Gasteiger partial charge >= 0.3 is 0 Å². The van der Waals surface area contributed by atoms with E-state index in [0.29, 0.717) is 6.61 Å². The molecule has 1 rings (SSSR count). The smallest absolute Gasteiger partial charge is 0.0611 e. The quantitative estimate of drug-likeness (QED) is 0.695. The molecule has 0 aromatic heterocycles. The fourth-order valence-electron chi connectivity index (χ4n) is 1.32. The summed E-state index contributed by atoms with van der Waals surface area (Å²) in [6.07, 6.45) is 9.00. The molecular formula is C10H23NO. The lowest BCUT2D eigenvalue weighted by atomic mass is 10.0. The van der Waals surface area contributed by atoms with Crippen molar-refractivity contribution in [1.82, 2.24) is 0 Å². The van der Waals surface area contributed by atoms with Gasteiger partial charge in [0.15, 0.2) is 0 Å². The zero-order valence-electron chi connectivity index (χ0n) is 8.51. The van der Waals surface area contributed by atoms with E-state index in [1.807, 2.05) is 6.92 Å². The van der Waals surface area contributed by atoms with E-state index in [1.165, 1.54) is 38.5 Å². The number of methoxy groups -OCH3 is 1. The molecule has 12 heavy (non-hydrogen) atoms. The van der Waals surface area contributed by atoms with Crippen LogP contribution in [0.4, 0.5) is 0 Å². The molecule has 74 valence electrons. The summed E-state index contributed by atoms with van der Waals surface area (Å²) in [5, 5.41) is 0. The van der Waals surface area contributed by atoms with Crippen LogP contribution in [0.15, 0.2) is 0 Å². The van der Waals surface area contributed by atoms with E-state index in [-0.39, 0.29) is 6.04 Å². The minimum absolute atomic E-state index is 0.176. The van der Waals surface area contributed by atoms with Crippen LogP contribution >= 0.6 is 0 Å². The molecule has 2 heteroatoms. The second-order valence-corrected chi connectivity index (χ2v) is 3.55. The molecule has 0 radical (unpaired) electrons. The second-order valence-electron chi connectivity index (χ2n) is 3.55. The van der Waals surface area contributed by atoms with E-state index in [0.717, 1.165) is 0 Å². The van der Waals surface area contributed by atoms with Crippen molar-refractivity contribution in [2.24, 2.45) is 5.73 Å². The third-order valence-electron chi connectivity index (χ3n) is 1.93. The van der Waals surface area contributed by atoms with Crippen molar-refractivity contribution in [3.63, 3.8) is 0 Å². The highest BCUT2D eigenvalue weighted by atomic mass is 16.5. The summed E-state index contributed by atoms with van der Waals surface area (Å²) in [7, 11) is 1.64. The second kappa shape index (κ2) is 9.01. The highest BCUT2D eigenvalue weighted by Crippen LogP contribution is 2.15. The van der Waals surface area contributed by atoms with Crippen LogP contribution in [0.25, 0.3) is 0 Å². The molecule has 1 fully saturated rings. The van der Waals surface area contributed by atoms with Crippen LogP contribution in [-0.4, -0.2) is 19.8 Å². The van der Waals surface area contributed by atoms with Crippen LogP contribution in [0.5, 0.6) is 0 Å². The highest BCUT2D eigenvalue weighted by Gasteiger charge is 1.95. The summed E-state index contributed by atoms with van der Waals surface area (Å²) in [5.74, 6) is 0. The maximum atomic E-state index is 5.28. The molecule has 1 unspecified atom stereocenters. The fraction of sp³-hybridized carbons (Fsp3) is 1.00. The van der Waals surface area contributed by atoms with Crippen LogP contribution in [0.2, 0.25) is 0 Å². The lowest BCUT2D eigenvalue weighted by Crippen LogP contribution is -2.20. The van der Waals surface area contributed by atoms with E-state index in [4.69, 9.17) is 5.73 Å². The predicted molar refractivity (Wildman–Crippen MR) is 53.2 cm³/mol. The molecule has 1 aliphatic rings. The summed E-state index contributed by atoms with van der Waals surface area (Å²) in [5.41, 5.74) is 5.28. The van der Waals surface area contributed by atoms with Crippen LogP contribution < -0.4 is 5.73 Å². The van der Waals surface area contributed by atoms with Crippen molar-refractivity contribution in [1.29, 1.82) is 0 Å². The molecule has 0 aromatic carbocycles. The van der Waals surface area contributed by atoms with Gasteiger partial charge in [-0.3, -0.25) is 0 Å². The van der Waals surface area contributed by atoms with E-state index in [2.05, 4.69) is 4.74 Å². The SMILES string of the molecule is C1CCCCC1.COCC(C)N. The zero-order valence-corrected chi connectivity index (χ0v) is 8.51. The molecule has 0 aromatic rings. The topological polar surface area (TPSA) is 35.2 Å². The first-order valence-corrected chi connectivity index (χ1v) is 5.02. The van der Waals surface area contributed by atoms with Crippen molar-refractivity contribution >= 4 is 0 Å². The van der Waals surface area contributed by atoms with Crippen molar-refractivity contribution < 1.29 is 4.74 Å². The van der Waals surface area contributed by atoms with Gasteiger partial charge in [0, 0.05) is 13.2 Å². The van der Waals surface area contributed by atoms with Crippen molar-refractivity contribution in [3.05, 3.63) is 0 Å². The highest BCUT2D eigenvalue weighted by molar-refractivity contribution is 4.51. The maximum Gasteiger partial charge on any atom is 0.0611 e. The summed E-state index contributed by atoms with van der Waals surface area (Å²) in [6.45, 7) is 2.56. The van der Waals surface area contributed by atoms with Gasteiger partial charge in [-0.1, -0.05) is 38.5 Å². The molecule has 2 N–H and O–H groups in total. The van der Waals surface area contributed by atoms with E-state index < -0.39 is 0 Å². The van der Waals surface area contributed by atoms with Gasteiger partial charge in [0.2, 0.25) is 0 Å². The third-order valence-corrected chi connectivity index (χ3v) is 1.93. The number of rotatable bonds is 2. The Labute approximate surface area is 76.5 Å². The van der Waals surface area contributed by atoms with E-state index in [9.17, 15) is 0 Å². The van der Waals surface area contributed by atoms with Crippen LogP contribution in [-0.2, 0) is 4.74 Å². The lowest BCUT2D eigenvalue weighted by Gasteiger charge is -2.05. The van der Waals surface area contributed by atoms with Gasteiger partial charge in [-0.05, 0) is 6.92 Å². The van der Waals surface area contributed by atoms with Crippen molar-refractivity contribution in [2.75, 3.05) is 13.7 Å². The first kappa shape index (κ1) is 11.9. The third kappa shape index (κ3) is 9.92. The zero-order chi connectivity index (χ0) is 9.23. The molecule has 0 spiro atoms. The molecule has 2 nitrogen and oxygen atoms in total. The molecule has 1 saturated carbocycles. The van der Waals surface area contributed by atoms with Crippen molar-refractivity contribution in [3.8, 4) is 0 Å². The average Bonchev–Trinajstić information content (AvgIpc) is 2.08. The number of hydrogen-bond donors (Lipinski definition) is 1. The number of nitrogens with two attached hydrogens (primary N) is 1. The largest absolute Gasteiger partial charge is 0.383 e. The monoisotopic (exact) mass is 173 g/mol. The van der Waals surface area contributed by atoms with Crippen LogP contribution in [0, 0.1) is 0 Å². The summed E-state index contributed by atoms with van der Waals surface area (Å²) in [4.78, 5) is 0. The van der Waals surface area contributed by atoms with Crippen LogP contribution in [0.3, 0.4) is 0 Å². The minimum atomic E-state index is 0.176. The van der Waals surface area contributed by atoms with E-state index >= 15 is 0 Å². The maximum absolute atomic E-state index is 5.28. The Hall–Kier alpha value is -0.0800. The molecule has 0 bridgehead atoms. The van der Waals surface area contributed by atoms with Gasteiger partial charge in [-0.25, -0.2) is 0 Å². The normalized spacial score (nSPS) is 19.2. The summed E-state index contributed by atoms with van der Waals surface area (Å²) >= 11 is 0. The van der Waals surface area contributed by atoms with Gasteiger partial charge in [-0.15, -0.1) is 0 Å². The van der Waals surface area contributed by atoms with E-state index in [1.54, 1.807) is 7.11 Å². The standard InChI is InChI=1S/C6H12.C4H11NO/c1-2-4-6-5-3-1;1-4(5)3-6-2/h1-6H2;4H,3,5H2,1-2H3. The molecule has 1 aliphatic carbocycles. The Morgan fingerprint density at radius 3 is 1.50 bits per heavy atom. The predicted octanol–water partition coefficient (Wildman–Crippen LogP) is 2.32. The van der Waals surface area contributed by atoms with Gasteiger partial charge in [0.1, 0.15) is 0 Å². The Kier molecular flexibility index (Phi) is 8.95. The molecule has 0 saturated heterocycles.